The lowest BCUT2D eigenvalue weighted by Crippen LogP contribution is -2.11. The molecule has 0 radical (unpaired) electrons. The smallest absolute Gasteiger partial charge is 0.269 e. The first kappa shape index (κ1) is 25.6. The lowest BCUT2D eigenvalue weighted by molar-refractivity contribution is -0.384. The molecule has 0 aliphatic carbocycles. The van der Waals surface area contributed by atoms with Crippen LogP contribution >= 0.6 is 0 Å². The van der Waals surface area contributed by atoms with E-state index in [9.17, 15) is 10.1 Å². The number of non-ortho nitro benzene ring substituents is 1. The van der Waals surface area contributed by atoms with Gasteiger partial charge in [-0.1, -0.05) is 39.0 Å². The maximum Gasteiger partial charge on any atom is 0.269 e. The average Bonchev–Trinajstić information content (AvgIpc) is 2.84. The van der Waals surface area contributed by atoms with Gasteiger partial charge in [0.25, 0.3) is 5.69 Å². The molecule has 0 aliphatic heterocycles. The number of anilines is 1. The van der Waals surface area contributed by atoms with Gasteiger partial charge in [-0.2, -0.15) is 5.10 Å². The summed E-state index contributed by atoms with van der Waals surface area (Å²) in [4.78, 5) is 10.3. The Bertz CT molecular complexity index is 1140. The normalized spacial score (nSPS) is 11.3. The monoisotopic (exact) mass is 477 g/mol. The molecule has 1 N–H and O–H groups in total. The molecule has 8 nitrogen and oxygen atoms in total. The second kappa shape index (κ2) is 11.9. The molecule has 3 aromatic carbocycles. The van der Waals surface area contributed by atoms with E-state index < -0.39 is 4.92 Å². The van der Waals surface area contributed by atoms with E-state index in [-0.39, 0.29) is 11.1 Å². The SMILES string of the molecule is COc1cccc(C=NNc2ccc([N+](=O)[O-])cc2)c1OCCCOc1ccc(C(C)(C)C)cc1. The van der Waals surface area contributed by atoms with Crippen molar-refractivity contribution < 1.29 is 19.1 Å². The minimum absolute atomic E-state index is 0.0221. The largest absolute Gasteiger partial charge is 0.493 e. The highest BCUT2D eigenvalue weighted by molar-refractivity contribution is 5.85. The molecular weight excluding hydrogens is 446 g/mol. The van der Waals surface area contributed by atoms with E-state index in [0.717, 1.165) is 11.3 Å². The second-order valence-electron chi connectivity index (χ2n) is 8.88. The molecule has 0 bridgehead atoms. The average molecular weight is 478 g/mol. The van der Waals surface area contributed by atoms with E-state index in [1.807, 2.05) is 30.3 Å². The van der Waals surface area contributed by atoms with Gasteiger partial charge < -0.3 is 14.2 Å². The van der Waals surface area contributed by atoms with Gasteiger partial charge >= 0.3 is 0 Å². The third kappa shape index (κ3) is 7.46. The van der Waals surface area contributed by atoms with Crippen LogP contribution < -0.4 is 19.6 Å². The third-order valence-corrected chi connectivity index (χ3v) is 5.23. The minimum atomic E-state index is -0.444. The van der Waals surface area contributed by atoms with Gasteiger partial charge in [0.05, 0.1) is 37.1 Å². The number of nitrogens with one attached hydrogen (secondary N) is 1. The Balaban J connectivity index is 1.54. The Morgan fingerprint density at radius 1 is 0.971 bits per heavy atom. The molecular formula is C27H31N3O5. The molecule has 0 atom stereocenters. The molecule has 35 heavy (non-hydrogen) atoms. The van der Waals surface area contributed by atoms with Crippen LogP contribution in [0, 0.1) is 10.1 Å². The van der Waals surface area contributed by atoms with Crippen molar-refractivity contribution >= 4 is 17.6 Å². The van der Waals surface area contributed by atoms with E-state index in [4.69, 9.17) is 14.2 Å². The summed E-state index contributed by atoms with van der Waals surface area (Å²) in [6, 6.07) is 19.7. The molecule has 8 heteroatoms. The summed E-state index contributed by atoms with van der Waals surface area (Å²) in [6.07, 6.45) is 2.31. The highest BCUT2D eigenvalue weighted by Crippen LogP contribution is 2.30. The van der Waals surface area contributed by atoms with Crippen molar-refractivity contribution in [2.75, 3.05) is 25.7 Å². The van der Waals surface area contributed by atoms with Crippen LogP contribution in [-0.4, -0.2) is 31.5 Å². The van der Waals surface area contributed by atoms with Crippen LogP contribution in [0.25, 0.3) is 0 Å². The molecule has 0 aliphatic rings. The minimum Gasteiger partial charge on any atom is -0.493 e. The number of hydrazone groups is 1. The van der Waals surface area contributed by atoms with Gasteiger partial charge in [-0.15, -0.1) is 0 Å². The molecule has 3 rings (SSSR count). The quantitative estimate of drug-likeness (QED) is 0.153. The Labute approximate surface area is 205 Å². The van der Waals surface area contributed by atoms with Crippen LogP contribution in [-0.2, 0) is 5.41 Å². The summed E-state index contributed by atoms with van der Waals surface area (Å²) < 4.78 is 17.3. The second-order valence-corrected chi connectivity index (χ2v) is 8.88. The molecule has 0 saturated carbocycles. The molecule has 0 heterocycles. The molecule has 0 fully saturated rings. The maximum atomic E-state index is 10.8. The number of rotatable bonds is 11. The van der Waals surface area contributed by atoms with Crippen molar-refractivity contribution in [2.45, 2.75) is 32.6 Å². The van der Waals surface area contributed by atoms with Crippen LogP contribution in [0.5, 0.6) is 17.2 Å². The zero-order valence-electron chi connectivity index (χ0n) is 20.5. The lowest BCUT2D eigenvalue weighted by Gasteiger charge is -2.19. The summed E-state index contributed by atoms with van der Waals surface area (Å²) in [5.41, 5.74) is 5.62. The van der Waals surface area contributed by atoms with Crippen LogP contribution in [0.1, 0.15) is 38.3 Å². The van der Waals surface area contributed by atoms with Crippen molar-refractivity contribution in [3.05, 3.63) is 88.0 Å². The predicted molar refractivity (Wildman–Crippen MR) is 138 cm³/mol. The molecule has 0 aromatic heterocycles. The number of nitro groups is 1. The zero-order chi connectivity index (χ0) is 25.3. The maximum absolute atomic E-state index is 10.8. The van der Waals surface area contributed by atoms with E-state index in [1.165, 1.54) is 17.7 Å². The highest BCUT2D eigenvalue weighted by Gasteiger charge is 2.13. The molecule has 0 saturated heterocycles. The van der Waals surface area contributed by atoms with Crippen molar-refractivity contribution in [3.8, 4) is 17.2 Å². The fraction of sp³-hybridized carbons (Fsp3) is 0.296. The van der Waals surface area contributed by atoms with Gasteiger partial charge in [0.1, 0.15) is 5.75 Å². The fourth-order valence-electron chi connectivity index (χ4n) is 3.26. The van der Waals surface area contributed by atoms with Crippen LogP contribution in [0.3, 0.4) is 0 Å². The van der Waals surface area contributed by atoms with Gasteiger partial charge in [0.15, 0.2) is 11.5 Å². The van der Waals surface area contributed by atoms with E-state index in [0.29, 0.717) is 36.8 Å². The topological polar surface area (TPSA) is 95.2 Å². The van der Waals surface area contributed by atoms with E-state index >= 15 is 0 Å². The molecule has 0 unspecified atom stereocenters. The summed E-state index contributed by atoms with van der Waals surface area (Å²) in [6.45, 7) is 7.51. The number of hydrogen-bond acceptors (Lipinski definition) is 7. The van der Waals surface area contributed by atoms with Gasteiger partial charge in [-0.3, -0.25) is 15.5 Å². The number of ether oxygens (including phenoxy) is 3. The van der Waals surface area contributed by atoms with Crippen molar-refractivity contribution in [1.82, 2.24) is 0 Å². The first-order chi connectivity index (χ1) is 16.8. The van der Waals surface area contributed by atoms with Crippen LogP contribution in [0.2, 0.25) is 0 Å². The Hall–Kier alpha value is -4.07. The van der Waals surface area contributed by atoms with Gasteiger partial charge in [0, 0.05) is 24.1 Å². The number of benzene rings is 3. The van der Waals surface area contributed by atoms with Crippen molar-refractivity contribution in [2.24, 2.45) is 5.10 Å². The van der Waals surface area contributed by atoms with Crippen molar-refractivity contribution in [3.63, 3.8) is 0 Å². The lowest BCUT2D eigenvalue weighted by atomic mass is 9.87. The third-order valence-electron chi connectivity index (χ3n) is 5.23. The molecule has 184 valence electrons. The fourth-order valence-corrected chi connectivity index (χ4v) is 3.26. The van der Waals surface area contributed by atoms with Gasteiger partial charge in [0.2, 0.25) is 0 Å². The van der Waals surface area contributed by atoms with Gasteiger partial charge in [-0.25, -0.2) is 0 Å². The molecule has 0 spiro atoms. The molecule has 3 aromatic rings. The van der Waals surface area contributed by atoms with E-state index in [1.54, 1.807) is 25.5 Å². The zero-order valence-corrected chi connectivity index (χ0v) is 20.5. The number of para-hydroxylation sites is 1. The molecule has 0 amide bonds. The number of hydrogen-bond donors (Lipinski definition) is 1. The summed E-state index contributed by atoms with van der Waals surface area (Å²) in [5, 5.41) is 15.0. The summed E-state index contributed by atoms with van der Waals surface area (Å²) in [5.74, 6) is 2.02. The van der Waals surface area contributed by atoms with Crippen molar-refractivity contribution in [1.29, 1.82) is 0 Å². The first-order valence-corrected chi connectivity index (χ1v) is 11.3. The summed E-state index contributed by atoms with van der Waals surface area (Å²) >= 11 is 0. The standard InChI is InChI=1S/C27H31N3O5/c1-27(2,3)21-9-15-24(16-10-21)34-17-6-18-35-26-20(7-5-8-25(26)33-4)19-28-29-22-11-13-23(14-12-22)30(31)32/h5,7-16,19,29H,6,17-18H2,1-4H3. The summed E-state index contributed by atoms with van der Waals surface area (Å²) in [7, 11) is 1.59. The Kier molecular flexibility index (Phi) is 8.67. The Morgan fingerprint density at radius 3 is 2.29 bits per heavy atom. The highest BCUT2D eigenvalue weighted by atomic mass is 16.6. The first-order valence-electron chi connectivity index (χ1n) is 11.3. The van der Waals surface area contributed by atoms with E-state index in [2.05, 4.69) is 43.4 Å². The van der Waals surface area contributed by atoms with Crippen LogP contribution in [0.15, 0.2) is 71.8 Å². The Morgan fingerprint density at radius 2 is 1.66 bits per heavy atom. The number of methoxy groups -OCH3 is 1. The number of nitro benzene ring substituents is 1. The van der Waals surface area contributed by atoms with Crippen LogP contribution in [0.4, 0.5) is 11.4 Å². The van der Waals surface area contributed by atoms with Gasteiger partial charge in [-0.05, 0) is 47.4 Å². The predicted octanol–water partition coefficient (Wildman–Crippen LogP) is 6.19. The number of nitrogens with zero attached hydrogens (tertiary/aromatic N) is 2.